The first-order chi connectivity index (χ1) is 5.87. The maximum absolute atomic E-state index is 10.9. The van der Waals surface area contributed by atoms with Gasteiger partial charge in [-0.2, -0.15) is 0 Å². The standard InChI is InChI=1S/C10H9NO/c12-6-10-5-9(10)11-8-4-2-1-3-7(8)10/h1-4,6,9,11H,5H2. The van der Waals surface area contributed by atoms with Crippen molar-refractivity contribution in [2.75, 3.05) is 5.32 Å². The molecule has 1 aromatic rings. The number of anilines is 1. The molecule has 2 nitrogen and oxygen atoms in total. The van der Waals surface area contributed by atoms with Gasteiger partial charge in [0.1, 0.15) is 6.29 Å². The zero-order chi connectivity index (χ0) is 8.18. The van der Waals surface area contributed by atoms with E-state index in [1.54, 1.807) is 0 Å². The van der Waals surface area contributed by atoms with Crippen LogP contribution in [-0.2, 0) is 10.2 Å². The zero-order valence-electron chi connectivity index (χ0n) is 6.58. The molecule has 1 fully saturated rings. The highest BCUT2D eigenvalue weighted by Gasteiger charge is 2.60. The molecule has 3 rings (SSSR count). The fourth-order valence-electron chi connectivity index (χ4n) is 2.15. The van der Waals surface area contributed by atoms with Crippen LogP contribution < -0.4 is 5.32 Å². The summed E-state index contributed by atoms with van der Waals surface area (Å²) in [7, 11) is 0. The van der Waals surface area contributed by atoms with Crippen LogP contribution in [0.5, 0.6) is 0 Å². The molecule has 0 radical (unpaired) electrons. The molecule has 2 unspecified atom stereocenters. The summed E-state index contributed by atoms with van der Waals surface area (Å²) in [5.41, 5.74) is 2.17. The van der Waals surface area contributed by atoms with Crippen molar-refractivity contribution in [3.63, 3.8) is 0 Å². The summed E-state index contributed by atoms with van der Waals surface area (Å²) < 4.78 is 0. The van der Waals surface area contributed by atoms with Gasteiger partial charge in [-0.3, -0.25) is 0 Å². The minimum Gasteiger partial charge on any atom is -0.381 e. The molecule has 0 bridgehead atoms. The molecule has 12 heavy (non-hydrogen) atoms. The molecule has 1 aliphatic heterocycles. The number of carbonyl (C=O) groups excluding carboxylic acids is 1. The highest BCUT2D eigenvalue weighted by atomic mass is 16.1. The lowest BCUT2D eigenvalue weighted by Gasteiger charge is -2.04. The predicted octanol–water partition coefficient (Wildman–Crippen LogP) is 1.32. The molecule has 1 N–H and O–H groups in total. The largest absolute Gasteiger partial charge is 0.381 e. The molecule has 1 aliphatic carbocycles. The van der Waals surface area contributed by atoms with Crippen LogP contribution in [-0.4, -0.2) is 12.3 Å². The number of nitrogens with one attached hydrogen (secondary N) is 1. The third kappa shape index (κ3) is 0.512. The van der Waals surface area contributed by atoms with Crippen LogP contribution in [0.3, 0.4) is 0 Å². The predicted molar refractivity (Wildman–Crippen MR) is 46.2 cm³/mol. The first kappa shape index (κ1) is 6.23. The molecule has 0 aromatic heterocycles. The van der Waals surface area contributed by atoms with Gasteiger partial charge in [-0.25, -0.2) is 0 Å². The second-order valence-electron chi connectivity index (χ2n) is 3.60. The smallest absolute Gasteiger partial charge is 0.132 e. The van der Waals surface area contributed by atoms with E-state index < -0.39 is 0 Å². The Labute approximate surface area is 70.6 Å². The van der Waals surface area contributed by atoms with E-state index in [1.807, 2.05) is 24.3 Å². The van der Waals surface area contributed by atoms with E-state index in [0.717, 1.165) is 18.4 Å². The van der Waals surface area contributed by atoms with E-state index in [9.17, 15) is 4.79 Å². The Hall–Kier alpha value is -1.31. The van der Waals surface area contributed by atoms with Gasteiger partial charge in [-0.1, -0.05) is 18.2 Å². The van der Waals surface area contributed by atoms with Gasteiger partial charge in [0.05, 0.1) is 5.41 Å². The highest BCUT2D eigenvalue weighted by molar-refractivity contribution is 5.85. The quantitative estimate of drug-likeness (QED) is 0.626. The summed E-state index contributed by atoms with van der Waals surface area (Å²) >= 11 is 0. The van der Waals surface area contributed by atoms with Gasteiger partial charge in [0.2, 0.25) is 0 Å². The molecule has 60 valence electrons. The van der Waals surface area contributed by atoms with Crippen molar-refractivity contribution in [1.82, 2.24) is 0 Å². The van der Waals surface area contributed by atoms with Crippen LogP contribution >= 0.6 is 0 Å². The third-order valence-electron chi connectivity index (χ3n) is 2.97. The van der Waals surface area contributed by atoms with Crippen molar-refractivity contribution in [1.29, 1.82) is 0 Å². The lowest BCUT2D eigenvalue weighted by atomic mass is 9.98. The van der Waals surface area contributed by atoms with Crippen LogP contribution in [0.4, 0.5) is 5.69 Å². The van der Waals surface area contributed by atoms with Gasteiger partial charge in [0, 0.05) is 11.7 Å². The van der Waals surface area contributed by atoms with Crippen molar-refractivity contribution in [3.8, 4) is 0 Å². The first-order valence-electron chi connectivity index (χ1n) is 4.19. The minimum absolute atomic E-state index is 0.156. The zero-order valence-corrected chi connectivity index (χ0v) is 6.58. The van der Waals surface area contributed by atoms with Gasteiger partial charge >= 0.3 is 0 Å². The number of aldehydes is 1. The molecule has 1 heterocycles. The summed E-state index contributed by atoms with van der Waals surface area (Å²) in [6, 6.07) is 8.45. The SMILES string of the molecule is O=CC12CC1Nc1ccccc12. The average Bonchev–Trinajstić information content (AvgIpc) is 2.75. The van der Waals surface area contributed by atoms with E-state index in [4.69, 9.17) is 0 Å². The lowest BCUT2D eigenvalue weighted by molar-refractivity contribution is -0.109. The Kier molecular flexibility index (Phi) is 0.888. The Morgan fingerprint density at radius 3 is 3.17 bits per heavy atom. The van der Waals surface area contributed by atoms with Gasteiger partial charge in [0.25, 0.3) is 0 Å². The summed E-state index contributed by atoms with van der Waals surface area (Å²) in [5.74, 6) is 0. The van der Waals surface area contributed by atoms with Crippen LogP contribution in [0, 0.1) is 0 Å². The maximum Gasteiger partial charge on any atom is 0.132 e. The summed E-state index contributed by atoms with van der Waals surface area (Å²) in [4.78, 5) is 10.9. The molecule has 1 saturated carbocycles. The van der Waals surface area contributed by atoms with Crippen LogP contribution in [0.2, 0.25) is 0 Å². The van der Waals surface area contributed by atoms with E-state index in [-0.39, 0.29) is 5.41 Å². The van der Waals surface area contributed by atoms with Crippen molar-refractivity contribution < 1.29 is 4.79 Å². The number of rotatable bonds is 1. The molecule has 0 spiro atoms. The maximum atomic E-state index is 10.9. The summed E-state index contributed by atoms with van der Waals surface area (Å²) in [6.07, 6.45) is 2.07. The Morgan fingerprint density at radius 1 is 1.50 bits per heavy atom. The third-order valence-corrected chi connectivity index (χ3v) is 2.97. The number of carbonyl (C=O) groups is 1. The molecular weight excluding hydrogens is 150 g/mol. The van der Waals surface area contributed by atoms with Crippen molar-refractivity contribution in [2.24, 2.45) is 0 Å². The Morgan fingerprint density at radius 2 is 2.33 bits per heavy atom. The van der Waals surface area contributed by atoms with Crippen molar-refractivity contribution >= 4 is 12.0 Å². The molecule has 2 heteroatoms. The van der Waals surface area contributed by atoms with Crippen LogP contribution in [0.1, 0.15) is 12.0 Å². The van der Waals surface area contributed by atoms with Crippen molar-refractivity contribution in [2.45, 2.75) is 17.9 Å². The molecule has 0 saturated heterocycles. The number of para-hydroxylation sites is 1. The van der Waals surface area contributed by atoms with Gasteiger partial charge < -0.3 is 10.1 Å². The summed E-state index contributed by atoms with van der Waals surface area (Å²) in [5, 5.41) is 3.33. The fourth-order valence-corrected chi connectivity index (χ4v) is 2.15. The first-order valence-corrected chi connectivity index (χ1v) is 4.19. The van der Waals surface area contributed by atoms with Gasteiger partial charge in [-0.15, -0.1) is 0 Å². The van der Waals surface area contributed by atoms with E-state index in [0.29, 0.717) is 6.04 Å². The Bertz CT molecular complexity index is 361. The van der Waals surface area contributed by atoms with Crippen LogP contribution in [0.25, 0.3) is 0 Å². The number of hydrogen-bond acceptors (Lipinski definition) is 2. The monoisotopic (exact) mass is 159 g/mol. The number of benzene rings is 1. The van der Waals surface area contributed by atoms with E-state index in [2.05, 4.69) is 5.32 Å². The van der Waals surface area contributed by atoms with Gasteiger partial charge in [0.15, 0.2) is 0 Å². The molecule has 2 atom stereocenters. The molecular formula is C10H9NO. The second kappa shape index (κ2) is 1.71. The molecule has 1 aromatic carbocycles. The topological polar surface area (TPSA) is 29.1 Å². The van der Waals surface area contributed by atoms with E-state index in [1.165, 1.54) is 5.56 Å². The van der Waals surface area contributed by atoms with Crippen LogP contribution in [0.15, 0.2) is 24.3 Å². The van der Waals surface area contributed by atoms with Crippen molar-refractivity contribution in [3.05, 3.63) is 29.8 Å². The number of hydrogen-bond donors (Lipinski definition) is 1. The lowest BCUT2D eigenvalue weighted by Crippen LogP contribution is -2.09. The number of fused-ring (bicyclic) bond motifs is 3. The highest BCUT2D eigenvalue weighted by Crippen LogP contribution is 2.55. The fraction of sp³-hybridized carbons (Fsp3) is 0.300. The minimum atomic E-state index is -0.156. The average molecular weight is 159 g/mol. The normalized spacial score (nSPS) is 34.8. The molecule has 0 amide bonds. The van der Waals surface area contributed by atoms with Gasteiger partial charge in [-0.05, 0) is 18.1 Å². The Balaban J connectivity index is 2.22. The summed E-state index contributed by atoms with van der Waals surface area (Å²) in [6.45, 7) is 0. The second-order valence-corrected chi connectivity index (χ2v) is 3.60. The van der Waals surface area contributed by atoms with E-state index >= 15 is 0 Å². The molecule has 2 aliphatic rings.